The summed E-state index contributed by atoms with van der Waals surface area (Å²) in [7, 11) is -1.73. The minimum Gasteiger partial charge on any atom is -0.386 e. The van der Waals surface area contributed by atoms with Gasteiger partial charge < -0.3 is 10.2 Å². The van der Waals surface area contributed by atoms with Crippen LogP contribution in [0.1, 0.15) is 62.5 Å². The number of hydrogen-bond donors (Lipinski definition) is 2. The summed E-state index contributed by atoms with van der Waals surface area (Å²) >= 11 is 0. The van der Waals surface area contributed by atoms with Gasteiger partial charge in [-0.1, -0.05) is 24.8 Å². The molecule has 4 heterocycles. The SMILES string of the molecule is C=C(C)NC1CCN(S(=O)(=O)c2cccc(CC(CC#N)CN3CCC(c4ccc5c(N6CCC(=O)NC6=O)nn(C)c5c4)CC3)c2)CC1. The van der Waals surface area contributed by atoms with E-state index >= 15 is 0 Å². The van der Waals surface area contributed by atoms with Crippen LogP contribution in [0.4, 0.5) is 10.6 Å². The molecule has 0 bridgehead atoms. The van der Waals surface area contributed by atoms with E-state index in [0.717, 1.165) is 67.5 Å². The summed E-state index contributed by atoms with van der Waals surface area (Å²) in [5.41, 5.74) is 4.02. The Bertz CT molecular complexity index is 1870. The van der Waals surface area contributed by atoms with Crippen LogP contribution in [-0.2, 0) is 28.3 Å². The third-order valence-corrected chi connectivity index (χ3v) is 12.0. The molecule has 260 valence electrons. The first-order valence-corrected chi connectivity index (χ1v) is 18.6. The number of rotatable bonds is 11. The minimum absolute atomic E-state index is 0.0926. The van der Waals surface area contributed by atoms with E-state index in [9.17, 15) is 23.3 Å². The Labute approximate surface area is 288 Å². The molecule has 0 radical (unpaired) electrons. The molecule has 0 aliphatic carbocycles. The van der Waals surface area contributed by atoms with E-state index in [4.69, 9.17) is 0 Å². The molecule has 3 aliphatic heterocycles. The highest BCUT2D eigenvalue weighted by Gasteiger charge is 2.31. The number of aromatic nitrogens is 2. The van der Waals surface area contributed by atoms with E-state index < -0.39 is 16.1 Å². The van der Waals surface area contributed by atoms with Gasteiger partial charge in [0.25, 0.3) is 0 Å². The number of carbonyl (C=O) groups excluding carboxylic acids is 2. The van der Waals surface area contributed by atoms with Gasteiger partial charge in [-0.2, -0.15) is 14.7 Å². The minimum atomic E-state index is -3.60. The molecule has 1 atom stereocenters. The maximum absolute atomic E-state index is 13.5. The second-order valence-electron chi connectivity index (χ2n) is 13.7. The molecular formula is C36H46N8O4S. The summed E-state index contributed by atoms with van der Waals surface area (Å²) in [6.45, 7) is 9.68. The average molecular weight is 687 g/mol. The van der Waals surface area contributed by atoms with Crippen LogP contribution >= 0.6 is 0 Å². The Balaban J connectivity index is 1.06. The van der Waals surface area contributed by atoms with Crippen LogP contribution in [0.25, 0.3) is 10.9 Å². The molecule has 1 aromatic heterocycles. The third kappa shape index (κ3) is 7.82. The molecule has 49 heavy (non-hydrogen) atoms. The number of fused-ring (bicyclic) bond motifs is 1. The Morgan fingerprint density at radius 3 is 2.53 bits per heavy atom. The fourth-order valence-electron chi connectivity index (χ4n) is 7.52. The van der Waals surface area contributed by atoms with Crippen molar-refractivity contribution in [3.8, 4) is 6.07 Å². The standard InChI is InChI=1S/C36H46N8O4S/c1-25(2)38-30-12-18-43(19-13-30)49(47,48)31-6-4-5-26(22-31)21-27(9-15-37)24-42-16-10-28(11-17-42)29-7-8-32-33(23-29)41(3)40-35(32)44-20-14-34(45)39-36(44)46/h4-8,22-23,27-28,30,38H,1,9-14,16-21,24H2,2-3H3,(H,39,45,46). The molecular weight excluding hydrogens is 641 g/mol. The molecule has 0 spiro atoms. The summed E-state index contributed by atoms with van der Waals surface area (Å²) in [5, 5.41) is 20.9. The Morgan fingerprint density at radius 1 is 1.08 bits per heavy atom. The van der Waals surface area contributed by atoms with Crippen molar-refractivity contribution in [1.82, 2.24) is 29.6 Å². The number of nitriles is 1. The lowest BCUT2D eigenvalue weighted by Crippen LogP contribution is -2.49. The summed E-state index contributed by atoms with van der Waals surface area (Å²) in [4.78, 5) is 28.4. The van der Waals surface area contributed by atoms with E-state index in [2.05, 4.69) is 45.4 Å². The number of piperidine rings is 2. The van der Waals surface area contributed by atoms with Crippen molar-refractivity contribution in [2.75, 3.05) is 44.2 Å². The monoisotopic (exact) mass is 686 g/mol. The number of allylic oxidation sites excluding steroid dienone is 1. The molecule has 12 nitrogen and oxygen atoms in total. The molecule has 6 rings (SSSR count). The molecule has 3 aliphatic rings. The fraction of sp³-hybridized carbons (Fsp3) is 0.500. The quantitative estimate of drug-likeness (QED) is 0.305. The van der Waals surface area contributed by atoms with Crippen LogP contribution in [0, 0.1) is 17.2 Å². The number of likely N-dealkylation sites (tertiary alicyclic amines) is 1. The molecule has 3 fully saturated rings. The van der Waals surface area contributed by atoms with Gasteiger partial charge in [0.15, 0.2) is 5.82 Å². The van der Waals surface area contributed by atoms with E-state index in [0.29, 0.717) is 49.1 Å². The maximum Gasteiger partial charge on any atom is 0.329 e. The number of aryl methyl sites for hydroxylation is 1. The van der Waals surface area contributed by atoms with Crippen LogP contribution in [0.5, 0.6) is 0 Å². The van der Waals surface area contributed by atoms with Crippen molar-refractivity contribution < 1.29 is 18.0 Å². The van der Waals surface area contributed by atoms with Crippen LogP contribution in [-0.4, -0.2) is 84.7 Å². The largest absolute Gasteiger partial charge is 0.386 e. The molecule has 2 N–H and O–H groups in total. The normalized spacial score (nSPS) is 19.5. The summed E-state index contributed by atoms with van der Waals surface area (Å²) < 4.78 is 30.4. The number of anilines is 1. The van der Waals surface area contributed by atoms with E-state index in [1.54, 1.807) is 21.1 Å². The van der Waals surface area contributed by atoms with E-state index in [1.807, 2.05) is 32.2 Å². The first-order chi connectivity index (χ1) is 23.5. The first kappa shape index (κ1) is 34.6. The van der Waals surface area contributed by atoms with Crippen molar-refractivity contribution in [1.29, 1.82) is 5.26 Å². The molecule has 3 aromatic rings. The number of hydrogen-bond acceptors (Lipinski definition) is 8. The maximum atomic E-state index is 13.5. The number of benzene rings is 2. The van der Waals surface area contributed by atoms with Crippen molar-refractivity contribution in [2.45, 2.75) is 68.7 Å². The summed E-state index contributed by atoms with van der Waals surface area (Å²) in [6.07, 6.45) is 4.75. The number of nitrogens with zero attached hydrogens (tertiary/aromatic N) is 6. The van der Waals surface area contributed by atoms with Crippen LogP contribution in [0.2, 0.25) is 0 Å². The van der Waals surface area contributed by atoms with Crippen molar-refractivity contribution in [3.63, 3.8) is 0 Å². The van der Waals surface area contributed by atoms with E-state index in [1.165, 1.54) is 10.5 Å². The van der Waals surface area contributed by atoms with Gasteiger partial charge in [0.2, 0.25) is 15.9 Å². The molecule has 3 saturated heterocycles. The van der Waals surface area contributed by atoms with Crippen LogP contribution < -0.4 is 15.5 Å². The van der Waals surface area contributed by atoms with Gasteiger partial charge >= 0.3 is 6.03 Å². The Morgan fingerprint density at radius 2 is 1.84 bits per heavy atom. The highest BCUT2D eigenvalue weighted by molar-refractivity contribution is 7.89. The predicted octanol–water partition coefficient (Wildman–Crippen LogP) is 4.25. The zero-order valence-corrected chi connectivity index (χ0v) is 29.2. The van der Waals surface area contributed by atoms with Gasteiger partial charge in [0.05, 0.1) is 16.5 Å². The smallest absolute Gasteiger partial charge is 0.329 e. The lowest BCUT2D eigenvalue weighted by atomic mass is 9.88. The highest BCUT2D eigenvalue weighted by atomic mass is 32.2. The molecule has 0 saturated carbocycles. The topological polar surface area (TPSA) is 144 Å². The van der Waals surface area contributed by atoms with Gasteiger partial charge in [-0.25, -0.2) is 13.2 Å². The fourth-order valence-corrected chi connectivity index (χ4v) is 9.06. The molecule has 1 unspecified atom stereocenters. The van der Waals surface area contributed by atoms with Crippen molar-refractivity contribution >= 4 is 38.7 Å². The van der Waals surface area contributed by atoms with Crippen molar-refractivity contribution in [3.05, 3.63) is 65.9 Å². The average Bonchev–Trinajstić information content (AvgIpc) is 3.40. The number of nitrogens with one attached hydrogen (secondary N) is 2. The van der Waals surface area contributed by atoms with Crippen molar-refractivity contribution in [2.24, 2.45) is 13.0 Å². The molecule has 13 heteroatoms. The second-order valence-corrected chi connectivity index (χ2v) is 15.7. The molecule has 2 aromatic carbocycles. The Hall–Kier alpha value is -4.25. The zero-order chi connectivity index (χ0) is 34.7. The predicted molar refractivity (Wildman–Crippen MR) is 188 cm³/mol. The first-order valence-electron chi connectivity index (χ1n) is 17.2. The second kappa shape index (κ2) is 14.7. The van der Waals surface area contributed by atoms with Crippen LogP contribution in [0.3, 0.4) is 0 Å². The van der Waals surface area contributed by atoms with Gasteiger partial charge in [0.1, 0.15) is 0 Å². The number of amides is 3. The number of sulfonamides is 1. The summed E-state index contributed by atoms with van der Waals surface area (Å²) in [6, 6.07) is 15.7. The lowest BCUT2D eigenvalue weighted by Gasteiger charge is -2.34. The van der Waals surface area contributed by atoms with Gasteiger partial charge in [-0.3, -0.25) is 19.7 Å². The number of carbonyl (C=O) groups is 2. The summed E-state index contributed by atoms with van der Waals surface area (Å²) in [5.74, 6) is 0.767. The number of urea groups is 1. The Kier molecular flexibility index (Phi) is 10.4. The zero-order valence-electron chi connectivity index (χ0n) is 28.4. The number of imide groups is 1. The lowest BCUT2D eigenvalue weighted by molar-refractivity contribution is -0.120. The molecule has 3 amide bonds. The highest BCUT2D eigenvalue weighted by Crippen LogP contribution is 2.34. The van der Waals surface area contributed by atoms with Crippen LogP contribution in [0.15, 0.2) is 59.6 Å². The van der Waals surface area contributed by atoms with E-state index in [-0.39, 0.29) is 24.3 Å². The third-order valence-electron chi connectivity index (χ3n) is 10.1. The van der Waals surface area contributed by atoms with Gasteiger partial charge in [-0.05, 0) is 99.3 Å². The van der Waals surface area contributed by atoms with Gasteiger partial charge in [0, 0.05) is 63.2 Å². The van der Waals surface area contributed by atoms with Gasteiger partial charge in [-0.15, -0.1) is 0 Å².